The van der Waals surface area contributed by atoms with E-state index in [0.29, 0.717) is 17.5 Å². The van der Waals surface area contributed by atoms with Gasteiger partial charge in [0.2, 0.25) is 5.90 Å². The molecule has 1 aliphatic rings. The first-order valence-electron chi connectivity index (χ1n) is 8.17. The van der Waals surface area contributed by atoms with E-state index in [4.69, 9.17) is 21.1 Å². The van der Waals surface area contributed by atoms with Gasteiger partial charge in [0.25, 0.3) is 0 Å². The van der Waals surface area contributed by atoms with E-state index in [0.717, 1.165) is 29.7 Å². The van der Waals surface area contributed by atoms with Gasteiger partial charge < -0.3 is 9.47 Å². The summed E-state index contributed by atoms with van der Waals surface area (Å²) in [6.45, 7) is 2.81. The van der Waals surface area contributed by atoms with Crippen LogP contribution in [0.15, 0.2) is 59.3 Å². The summed E-state index contributed by atoms with van der Waals surface area (Å²) < 4.78 is 11.2. The highest BCUT2D eigenvalue weighted by Crippen LogP contribution is 2.21. The molecule has 0 N–H and O–H groups in total. The van der Waals surface area contributed by atoms with Crippen molar-refractivity contribution in [3.05, 3.63) is 70.4 Å². The number of unbranched alkanes of at least 4 members (excludes halogenated alkanes) is 1. The van der Waals surface area contributed by atoms with Gasteiger partial charge in [0, 0.05) is 10.6 Å². The van der Waals surface area contributed by atoms with Crippen molar-refractivity contribution < 1.29 is 14.3 Å². The maximum Gasteiger partial charge on any atom is 0.316 e. The van der Waals surface area contributed by atoms with Crippen LogP contribution in [0, 0.1) is 0 Å². The third kappa shape index (κ3) is 4.48. The van der Waals surface area contributed by atoms with Crippen molar-refractivity contribution in [2.45, 2.75) is 19.8 Å². The average molecular weight is 356 g/mol. The van der Waals surface area contributed by atoms with Crippen LogP contribution in [0.3, 0.4) is 0 Å². The molecule has 1 amide bonds. The fraction of sp³-hybridized carbons (Fsp3) is 0.200. The van der Waals surface area contributed by atoms with Crippen molar-refractivity contribution in [1.82, 2.24) is 0 Å². The van der Waals surface area contributed by atoms with E-state index >= 15 is 0 Å². The van der Waals surface area contributed by atoms with Crippen LogP contribution in [0.1, 0.15) is 30.9 Å². The molecule has 4 nitrogen and oxygen atoms in total. The van der Waals surface area contributed by atoms with E-state index in [2.05, 4.69) is 11.9 Å². The number of amides is 1. The lowest BCUT2D eigenvalue weighted by Gasteiger charge is -2.06. The summed E-state index contributed by atoms with van der Waals surface area (Å²) in [5.74, 6) is 0.887. The lowest BCUT2D eigenvalue weighted by Crippen LogP contribution is -2.01. The average Bonchev–Trinajstić information content (AvgIpc) is 2.98. The number of rotatable bonds is 6. The SMILES string of the molecule is CCCCOc1ccc(C2=NC(=O)/C(=C\c3ccc(Cl)cc3)O2)cc1. The molecule has 0 unspecified atom stereocenters. The summed E-state index contributed by atoms with van der Waals surface area (Å²) in [5.41, 5.74) is 1.56. The molecule has 0 spiro atoms. The molecule has 0 fully saturated rings. The van der Waals surface area contributed by atoms with E-state index in [1.54, 1.807) is 18.2 Å². The smallest absolute Gasteiger partial charge is 0.316 e. The molecule has 2 aromatic rings. The molecular weight excluding hydrogens is 338 g/mol. The van der Waals surface area contributed by atoms with Crippen LogP contribution in [0.25, 0.3) is 6.08 Å². The maximum atomic E-state index is 12.0. The van der Waals surface area contributed by atoms with Crippen LogP contribution in [0.2, 0.25) is 5.02 Å². The van der Waals surface area contributed by atoms with Crippen molar-refractivity contribution in [3.8, 4) is 5.75 Å². The van der Waals surface area contributed by atoms with Crippen LogP contribution in [-0.4, -0.2) is 18.4 Å². The molecule has 1 aliphatic heterocycles. The Kier molecular flexibility index (Phi) is 5.51. The number of hydrogen-bond donors (Lipinski definition) is 0. The fourth-order valence-corrected chi connectivity index (χ4v) is 2.40. The van der Waals surface area contributed by atoms with Crippen molar-refractivity contribution in [3.63, 3.8) is 0 Å². The zero-order chi connectivity index (χ0) is 17.6. The minimum absolute atomic E-state index is 0.195. The van der Waals surface area contributed by atoms with Crippen molar-refractivity contribution in [2.75, 3.05) is 6.61 Å². The predicted molar refractivity (Wildman–Crippen MR) is 98.9 cm³/mol. The molecule has 0 atom stereocenters. The van der Waals surface area contributed by atoms with E-state index < -0.39 is 5.91 Å². The third-order valence-corrected chi connectivity index (χ3v) is 3.91. The van der Waals surface area contributed by atoms with Gasteiger partial charge in [-0.1, -0.05) is 37.1 Å². The molecule has 0 bridgehead atoms. The van der Waals surface area contributed by atoms with Gasteiger partial charge in [-0.2, -0.15) is 4.99 Å². The zero-order valence-electron chi connectivity index (χ0n) is 13.9. The second kappa shape index (κ2) is 7.99. The van der Waals surface area contributed by atoms with Crippen LogP contribution < -0.4 is 4.74 Å². The fourth-order valence-electron chi connectivity index (χ4n) is 2.27. The van der Waals surface area contributed by atoms with E-state index in [1.807, 2.05) is 36.4 Å². The molecule has 3 rings (SSSR count). The number of aliphatic imine (C=N–C) groups is 1. The Balaban J connectivity index is 1.69. The summed E-state index contributed by atoms with van der Waals surface area (Å²) in [4.78, 5) is 16.0. The Labute approximate surface area is 151 Å². The first kappa shape index (κ1) is 17.2. The van der Waals surface area contributed by atoms with Crippen molar-refractivity contribution in [2.24, 2.45) is 4.99 Å². The Morgan fingerprint density at radius 2 is 1.84 bits per heavy atom. The van der Waals surface area contributed by atoms with Crippen LogP contribution >= 0.6 is 11.6 Å². The van der Waals surface area contributed by atoms with E-state index in [9.17, 15) is 4.79 Å². The summed E-state index contributed by atoms with van der Waals surface area (Å²) in [5, 5.41) is 0.638. The minimum atomic E-state index is -0.395. The normalized spacial score (nSPS) is 15.2. The van der Waals surface area contributed by atoms with Crippen molar-refractivity contribution in [1.29, 1.82) is 0 Å². The van der Waals surface area contributed by atoms with E-state index in [-0.39, 0.29) is 5.76 Å². The highest BCUT2D eigenvalue weighted by molar-refractivity contribution is 6.30. The standard InChI is InChI=1S/C20H18ClNO3/c1-2-3-12-24-17-10-6-15(7-11-17)20-22-19(23)18(25-20)13-14-4-8-16(21)9-5-14/h4-11,13H,2-3,12H2,1H3/b18-13+. The van der Waals surface area contributed by atoms with Gasteiger partial charge in [0.1, 0.15) is 5.75 Å². The van der Waals surface area contributed by atoms with Gasteiger partial charge in [0.15, 0.2) is 5.76 Å². The Hall–Kier alpha value is -2.59. The van der Waals surface area contributed by atoms with Crippen molar-refractivity contribution >= 4 is 29.5 Å². The quantitative estimate of drug-likeness (QED) is 0.549. The predicted octanol–water partition coefficient (Wildman–Crippen LogP) is 4.86. The lowest BCUT2D eigenvalue weighted by molar-refractivity contribution is -0.115. The zero-order valence-corrected chi connectivity index (χ0v) is 14.6. The highest BCUT2D eigenvalue weighted by atomic mass is 35.5. The molecule has 5 heteroatoms. The molecule has 2 aromatic carbocycles. The Morgan fingerprint density at radius 1 is 1.12 bits per heavy atom. The minimum Gasteiger partial charge on any atom is -0.494 e. The lowest BCUT2D eigenvalue weighted by atomic mass is 10.2. The molecule has 1 heterocycles. The van der Waals surface area contributed by atoms with Gasteiger partial charge in [-0.25, -0.2) is 0 Å². The summed E-state index contributed by atoms with van der Waals surface area (Å²) >= 11 is 5.86. The third-order valence-electron chi connectivity index (χ3n) is 3.66. The van der Waals surface area contributed by atoms with Gasteiger partial charge in [-0.15, -0.1) is 0 Å². The molecule has 0 saturated carbocycles. The van der Waals surface area contributed by atoms with Gasteiger partial charge in [0.05, 0.1) is 6.61 Å². The first-order chi connectivity index (χ1) is 12.2. The number of benzene rings is 2. The van der Waals surface area contributed by atoms with Gasteiger partial charge in [-0.05, 0) is 54.5 Å². The Morgan fingerprint density at radius 3 is 2.52 bits per heavy atom. The second-order valence-electron chi connectivity index (χ2n) is 5.61. The molecule has 0 aromatic heterocycles. The summed E-state index contributed by atoms with van der Waals surface area (Å²) in [7, 11) is 0. The molecule has 25 heavy (non-hydrogen) atoms. The summed E-state index contributed by atoms with van der Waals surface area (Å²) in [6.07, 6.45) is 3.76. The number of ether oxygens (including phenoxy) is 2. The number of nitrogens with zero attached hydrogens (tertiary/aromatic N) is 1. The first-order valence-corrected chi connectivity index (χ1v) is 8.55. The number of carbonyl (C=O) groups is 1. The summed E-state index contributed by atoms with van der Waals surface area (Å²) in [6, 6.07) is 14.5. The number of carbonyl (C=O) groups excluding carboxylic acids is 1. The highest BCUT2D eigenvalue weighted by Gasteiger charge is 2.23. The molecule has 0 radical (unpaired) electrons. The maximum absolute atomic E-state index is 12.0. The molecule has 0 saturated heterocycles. The topological polar surface area (TPSA) is 47.9 Å². The second-order valence-corrected chi connectivity index (χ2v) is 6.05. The largest absolute Gasteiger partial charge is 0.494 e. The van der Waals surface area contributed by atoms with E-state index in [1.165, 1.54) is 0 Å². The number of hydrogen-bond acceptors (Lipinski definition) is 3. The molecular formula is C20H18ClNO3. The Bertz CT molecular complexity index is 808. The molecule has 128 valence electrons. The number of halogens is 1. The van der Waals surface area contributed by atoms with Gasteiger partial charge in [-0.3, -0.25) is 4.79 Å². The monoisotopic (exact) mass is 355 g/mol. The van der Waals surface area contributed by atoms with Crippen LogP contribution in [0.4, 0.5) is 0 Å². The van der Waals surface area contributed by atoms with Crippen LogP contribution in [-0.2, 0) is 9.53 Å². The van der Waals surface area contributed by atoms with Crippen LogP contribution in [0.5, 0.6) is 5.75 Å². The molecule has 0 aliphatic carbocycles. The van der Waals surface area contributed by atoms with Gasteiger partial charge >= 0.3 is 5.91 Å².